The number of benzene rings is 1. The molecule has 106 valence electrons. The van der Waals surface area contributed by atoms with Gasteiger partial charge in [-0.15, -0.1) is 0 Å². The summed E-state index contributed by atoms with van der Waals surface area (Å²) < 4.78 is 10.5. The topological polar surface area (TPSA) is 62.6 Å². The molecule has 2 rings (SSSR count). The van der Waals surface area contributed by atoms with Crippen LogP contribution in [0.2, 0.25) is 5.02 Å². The number of hydrogen-bond acceptors (Lipinski definition) is 4. The zero-order valence-corrected chi connectivity index (χ0v) is 12.1. The van der Waals surface area contributed by atoms with E-state index < -0.39 is 0 Å². The lowest BCUT2D eigenvalue weighted by atomic mass is 10.1. The minimum atomic E-state index is -0.219. The van der Waals surface area contributed by atoms with E-state index in [0.717, 1.165) is 0 Å². The number of ether oxygens (including phenoxy) is 2. The van der Waals surface area contributed by atoms with Crippen molar-refractivity contribution in [1.82, 2.24) is 4.90 Å². The summed E-state index contributed by atoms with van der Waals surface area (Å²) in [6.07, 6.45) is 0. The largest absolute Gasteiger partial charge is 0.454 e. The summed E-state index contributed by atoms with van der Waals surface area (Å²) in [6.45, 7) is 4.67. The summed E-state index contributed by atoms with van der Waals surface area (Å²) in [6, 6.07) is 5.31. The fourth-order valence-electron chi connectivity index (χ4n) is 2.00. The Morgan fingerprint density at radius 2 is 2.30 bits per heavy atom. The van der Waals surface area contributed by atoms with E-state index in [-0.39, 0.29) is 18.6 Å². The van der Waals surface area contributed by atoms with Crippen LogP contribution in [-0.4, -0.2) is 30.7 Å². The number of rotatable bonds is 4. The van der Waals surface area contributed by atoms with E-state index in [1.165, 1.54) is 0 Å². The van der Waals surface area contributed by atoms with E-state index in [4.69, 9.17) is 26.3 Å². The Morgan fingerprint density at radius 1 is 1.55 bits per heavy atom. The number of hydrogen-bond donors (Lipinski definition) is 0. The third-order valence-electron chi connectivity index (χ3n) is 3.06. The first-order valence-corrected chi connectivity index (χ1v) is 6.72. The zero-order chi connectivity index (χ0) is 14.7. The zero-order valence-electron chi connectivity index (χ0n) is 11.4. The van der Waals surface area contributed by atoms with Crippen molar-refractivity contribution in [2.75, 3.05) is 19.9 Å². The highest BCUT2D eigenvalue weighted by Crippen LogP contribution is 2.40. The minimum absolute atomic E-state index is 0.107. The molecule has 1 heterocycles. The Bertz CT molecular complexity index is 568. The number of amides is 1. The molecular formula is C14H15ClN2O3. The predicted molar refractivity (Wildman–Crippen MR) is 73.9 cm³/mol. The predicted octanol–water partition coefficient (Wildman–Crippen LogP) is 2.69. The van der Waals surface area contributed by atoms with E-state index in [9.17, 15) is 4.79 Å². The molecule has 0 fully saturated rings. The van der Waals surface area contributed by atoms with Gasteiger partial charge in [0, 0.05) is 18.7 Å². The molecule has 1 aliphatic heterocycles. The van der Waals surface area contributed by atoms with Gasteiger partial charge in [-0.25, -0.2) is 0 Å². The Morgan fingerprint density at radius 3 is 2.95 bits per heavy atom. The highest BCUT2D eigenvalue weighted by Gasteiger charge is 2.23. The lowest BCUT2D eigenvalue weighted by molar-refractivity contribution is 0.0752. The second-order valence-electron chi connectivity index (χ2n) is 4.57. The van der Waals surface area contributed by atoms with E-state index >= 15 is 0 Å². The Kier molecular flexibility index (Phi) is 4.35. The normalized spacial score (nSPS) is 13.7. The molecule has 1 aromatic rings. The van der Waals surface area contributed by atoms with Crippen molar-refractivity contribution in [3.63, 3.8) is 0 Å². The fourth-order valence-corrected chi connectivity index (χ4v) is 2.27. The van der Waals surface area contributed by atoms with Gasteiger partial charge in [-0.2, -0.15) is 5.26 Å². The summed E-state index contributed by atoms with van der Waals surface area (Å²) in [4.78, 5) is 14.1. The van der Waals surface area contributed by atoms with Gasteiger partial charge in [0.05, 0.1) is 17.0 Å². The van der Waals surface area contributed by atoms with Gasteiger partial charge in [-0.1, -0.05) is 11.6 Å². The van der Waals surface area contributed by atoms with Crippen molar-refractivity contribution >= 4 is 17.5 Å². The van der Waals surface area contributed by atoms with Crippen LogP contribution >= 0.6 is 11.6 Å². The second kappa shape index (κ2) is 6.02. The Labute approximate surface area is 122 Å². The Balaban J connectivity index is 2.24. The van der Waals surface area contributed by atoms with E-state index in [1.807, 2.05) is 6.92 Å². The van der Waals surface area contributed by atoms with Gasteiger partial charge < -0.3 is 14.4 Å². The maximum absolute atomic E-state index is 12.4. The van der Waals surface area contributed by atoms with E-state index in [0.29, 0.717) is 35.2 Å². The van der Waals surface area contributed by atoms with Crippen LogP contribution in [0.15, 0.2) is 12.1 Å². The van der Waals surface area contributed by atoms with Crippen LogP contribution in [0.25, 0.3) is 0 Å². The molecule has 1 amide bonds. The second-order valence-corrected chi connectivity index (χ2v) is 4.97. The summed E-state index contributed by atoms with van der Waals surface area (Å²) in [7, 11) is 0. The van der Waals surface area contributed by atoms with Gasteiger partial charge in [-0.3, -0.25) is 4.79 Å². The molecule has 1 aliphatic rings. The van der Waals surface area contributed by atoms with Crippen molar-refractivity contribution in [1.29, 1.82) is 5.26 Å². The van der Waals surface area contributed by atoms with Gasteiger partial charge >= 0.3 is 0 Å². The monoisotopic (exact) mass is 294 g/mol. The van der Waals surface area contributed by atoms with Crippen LogP contribution in [0.5, 0.6) is 11.5 Å². The number of fused-ring (bicyclic) bond motifs is 1. The molecule has 20 heavy (non-hydrogen) atoms. The minimum Gasteiger partial charge on any atom is -0.454 e. The van der Waals surface area contributed by atoms with Gasteiger partial charge in [0.1, 0.15) is 0 Å². The SMILES string of the molecule is CCN(C[C@@H](C)C#N)C(=O)c1cc(Cl)c2c(c1)OCO2. The van der Waals surface area contributed by atoms with Crippen LogP contribution in [0.3, 0.4) is 0 Å². The average Bonchev–Trinajstić information content (AvgIpc) is 2.92. The first-order valence-electron chi connectivity index (χ1n) is 6.34. The van der Waals surface area contributed by atoms with Crippen LogP contribution < -0.4 is 9.47 Å². The first kappa shape index (κ1) is 14.5. The molecule has 0 radical (unpaired) electrons. The quantitative estimate of drug-likeness (QED) is 0.856. The molecule has 0 bridgehead atoms. The van der Waals surface area contributed by atoms with Gasteiger partial charge in [-0.05, 0) is 26.0 Å². The van der Waals surface area contributed by atoms with Crippen LogP contribution in [0.4, 0.5) is 0 Å². The van der Waals surface area contributed by atoms with Crippen LogP contribution in [-0.2, 0) is 0 Å². The summed E-state index contributed by atoms with van der Waals surface area (Å²) in [5.41, 5.74) is 0.436. The molecule has 0 spiro atoms. The average molecular weight is 295 g/mol. The molecule has 0 aromatic heterocycles. The fraction of sp³-hybridized carbons (Fsp3) is 0.429. The Hall–Kier alpha value is -1.93. The van der Waals surface area contributed by atoms with Gasteiger partial charge in [0.2, 0.25) is 6.79 Å². The third kappa shape index (κ3) is 2.81. The molecular weight excluding hydrogens is 280 g/mol. The molecule has 1 atom stereocenters. The molecule has 6 heteroatoms. The van der Waals surface area contributed by atoms with Crippen molar-refractivity contribution in [2.24, 2.45) is 5.92 Å². The van der Waals surface area contributed by atoms with Crippen molar-refractivity contribution in [3.05, 3.63) is 22.7 Å². The number of halogens is 1. The molecule has 0 saturated carbocycles. The van der Waals surface area contributed by atoms with Crippen LogP contribution in [0, 0.1) is 17.2 Å². The highest BCUT2D eigenvalue weighted by molar-refractivity contribution is 6.32. The van der Waals surface area contributed by atoms with Crippen molar-refractivity contribution in [2.45, 2.75) is 13.8 Å². The lowest BCUT2D eigenvalue weighted by Gasteiger charge is -2.22. The number of carbonyl (C=O) groups is 1. The maximum atomic E-state index is 12.4. The highest BCUT2D eigenvalue weighted by atomic mass is 35.5. The van der Waals surface area contributed by atoms with Crippen LogP contribution in [0.1, 0.15) is 24.2 Å². The molecule has 0 aliphatic carbocycles. The molecule has 1 aromatic carbocycles. The third-order valence-corrected chi connectivity index (χ3v) is 3.34. The van der Waals surface area contributed by atoms with Gasteiger partial charge in [0.25, 0.3) is 5.91 Å². The van der Waals surface area contributed by atoms with Crippen molar-refractivity contribution < 1.29 is 14.3 Å². The summed E-state index contributed by atoms with van der Waals surface area (Å²) >= 11 is 6.07. The number of nitriles is 1. The van der Waals surface area contributed by atoms with Crippen molar-refractivity contribution in [3.8, 4) is 17.6 Å². The summed E-state index contributed by atoms with van der Waals surface area (Å²) in [5.74, 6) is 0.556. The molecule has 0 unspecified atom stereocenters. The molecule has 0 saturated heterocycles. The first-order chi connectivity index (χ1) is 9.56. The van der Waals surface area contributed by atoms with E-state index in [2.05, 4.69) is 6.07 Å². The standard InChI is InChI=1S/C14H15ClN2O3/c1-3-17(7-9(2)6-16)14(18)10-4-11(15)13-12(5-10)19-8-20-13/h4-5,9H,3,7-8H2,1-2H3/t9-/m0/s1. The van der Waals surface area contributed by atoms with E-state index in [1.54, 1.807) is 24.0 Å². The lowest BCUT2D eigenvalue weighted by Crippen LogP contribution is -2.34. The smallest absolute Gasteiger partial charge is 0.254 e. The molecule has 5 nitrogen and oxygen atoms in total. The van der Waals surface area contributed by atoms with Gasteiger partial charge in [0.15, 0.2) is 11.5 Å². The number of nitrogens with zero attached hydrogens (tertiary/aromatic N) is 2. The number of carbonyl (C=O) groups excluding carboxylic acids is 1. The molecule has 0 N–H and O–H groups in total. The maximum Gasteiger partial charge on any atom is 0.254 e. The summed E-state index contributed by atoms with van der Waals surface area (Å²) in [5, 5.41) is 9.21.